The number of amides is 1. The molecule has 1 aromatic heterocycles. The van der Waals surface area contributed by atoms with E-state index in [0.717, 1.165) is 11.1 Å². The molecular formula is C18H16Cl2N4OS. The monoisotopic (exact) mass is 406 g/mol. The lowest BCUT2D eigenvalue weighted by Gasteiger charge is -2.18. The van der Waals surface area contributed by atoms with Gasteiger partial charge in [0.1, 0.15) is 6.54 Å². The van der Waals surface area contributed by atoms with Crippen molar-refractivity contribution in [1.82, 2.24) is 19.7 Å². The molecular weight excluding hydrogens is 391 g/mol. The summed E-state index contributed by atoms with van der Waals surface area (Å²) in [6.45, 7) is 0.547. The molecule has 0 aliphatic heterocycles. The van der Waals surface area contributed by atoms with Crippen LogP contribution in [0.5, 0.6) is 0 Å². The highest BCUT2D eigenvalue weighted by Gasteiger charge is 2.15. The van der Waals surface area contributed by atoms with Crippen LogP contribution < -0.4 is 0 Å². The van der Waals surface area contributed by atoms with Gasteiger partial charge in [0.05, 0.1) is 0 Å². The Morgan fingerprint density at radius 3 is 2.62 bits per heavy atom. The molecule has 134 valence electrons. The molecule has 0 unspecified atom stereocenters. The van der Waals surface area contributed by atoms with Crippen LogP contribution in [0.3, 0.4) is 0 Å². The minimum absolute atomic E-state index is 0.0855. The van der Waals surface area contributed by atoms with E-state index in [4.69, 9.17) is 35.4 Å². The predicted molar refractivity (Wildman–Crippen MR) is 106 cm³/mol. The van der Waals surface area contributed by atoms with Gasteiger partial charge in [-0.2, -0.15) is 5.10 Å². The van der Waals surface area contributed by atoms with Gasteiger partial charge < -0.3 is 4.90 Å². The zero-order valence-corrected chi connectivity index (χ0v) is 16.3. The number of aromatic nitrogens is 3. The second-order valence-corrected chi connectivity index (χ2v) is 7.08. The van der Waals surface area contributed by atoms with Crippen LogP contribution in [0.4, 0.5) is 0 Å². The molecule has 0 bridgehead atoms. The Morgan fingerprint density at radius 2 is 1.92 bits per heavy atom. The SMILES string of the molecule is CN(Cc1cccc(Cl)c1)C(=O)Cn1c(-c2ccc(Cl)cc2)n[nH]c1=S. The highest BCUT2D eigenvalue weighted by Crippen LogP contribution is 2.20. The number of benzene rings is 2. The first-order chi connectivity index (χ1) is 12.4. The Kier molecular flexibility index (Phi) is 5.76. The summed E-state index contributed by atoms with van der Waals surface area (Å²) < 4.78 is 2.06. The van der Waals surface area contributed by atoms with Crippen molar-refractivity contribution in [2.45, 2.75) is 13.1 Å². The van der Waals surface area contributed by atoms with E-state index in [2.05, 4.69) is 10.2 Å². The number of carbonyl (C=O) groups excluding carboxylic acids is 1. The molecule has 8 heteroatoms. The van der Waals surface area contributed by atoms with Crippen molar-refractivity contribution in [3.05, 3.63) is 68.9 Å². The highest BCUT2D eigenvalue weighted by atomic mass is 35.5. The van der Waals surface area contributed by atoms with Gasteiger partial charge in [0, 0.05) is 29.2 Å². The van der Waals surface area contributed by atoms with Crippen molar-refractivity contribution in [1.29, 1.82) is 0 Å². The average molecular weight is 407 g/mol. The van der Waals surface area contributed by atoms with Crippen molar-refractivity contribution in [3.63, 3.8) is 0 Å². The molecule has 0 radical (unpaired) electrons. The van der Waals surface area contributed by atoms with Crippen LogP contribution in [0.25, 0.3) is 11.4 Å². The molecule has 5 nitrogen and oxygen atoms in total. The van der Waals surface area contributed by atoms with Gasteiger partial charge in [-0.05, 0) is 54.2 Å². The van der Waals surface area contributed by atoms with E-state index < -0.39 is 0 Å². The Balaban J connectivity index is 1.78. The molecule has 0 spiro atoms. The molecule has 0 saturated heterocycles. The largest absolute Gasteiger partial charge is 0.340 e. The van der Waals surface area contributed by atoms with Crippen molar-refractivity contribution in [2.75, 3.05) is 7.05 Å². The Hall–Kier alpha value is -2.15. The predicted octanol–water partition coefficient (Wildman–Crippen LogP) is 4.57. The molecule has 1 amide bonds. The van der Waals surface area contributed by atoms with Crippen LogP contribution in [-0.2, 0) is 17.9 Å². The summed E-state index contributed by atoms with van der Waals surface area (Å²) in [4.78, 5) is 14.3. The van der Waals surface area contributed by atoms with Gasteiger partial charge in [-0.3, -0.25) is 14.5 Å². The summed E-state index contributed by atoms with van der Waals surface area (Å²) in [6.07, 6.45) is 0. The number of hydrogen-bond donors (Lipinski definition) is 1. The highest BCUT2D eigenvalue weighted by molar-refractivity contribution is 7.71. The third-order valence-electron chi connectivity index (χ3n) is 3.89. The number of nitrogens with zero attached hydrogens (tertiary/aromatic N) is 3. The lowest BCUT2D eigenvalue weighted by molar-refractivity contribution is -0.131. The van der Waals surface area contributed by atoms with Gasteiger partial charge in [0.2, 0.25) is 5.91 Å². The maximum Gasteiger partial charge on any atom is 0.242 e. The molecule has 1 heterocycles. The molecule has 1 N–H and O–H groups in total. The van der Waals surface area contributed by atoms with Crippen LogP contribution in [0, 0.1) is 4.77 Å². The van der Waals surface area contributed by atoms with E-state index in [9.17, 15) is 4.79 Å². The number of aromatic amines is 1. The quantitative estimate of drug-likeness (QED) is 0.631. The van der Waals surface area contributed by atoms with Gasteiger partial charge in [-0.1, -0.05) is 35.3 Å². The number of H-pyrrole nitrogens is 1. The molecule has 0 aliphatic carbocycles. The molecule has 3 rings (SSSR count). The maximum atomic E-state index is 12.7. The van der Waals surface area contributed by atoms with Gasteiger partial charge >= 0.3 is 0 Å². The van der Waals surface area contributed by atoms with Crippen LogP contribution in [0.15, 0.2) is 48.5 Å². The fraction of sp³-hybridized carbons (Fsp3) is 0.167. The first-order valence-corrected chi connectivity index (χ1v) is 9.00. The number of likely N-dealkylation sites (N-methyl/N-ethyl adjacent to an activating group) is 1. The molecule has 26 heavy (non-hydrogen) atoms. The normalized spacial score (nSPS) is 10.7. The summed E-state index contributed by atoms with van der Waals surface area (Å²) in [5.41, 5.74) is 1.79. The Bertz CT molecular complexity index is 981. The van der Waals surface area contributed by atoms with E-state index >= 15 is 0 Å². The minimum Gasteiger partial charge on any atom is -0.340 e. The second-order valence-electron chi connectivity index (χ2n) is 5.83. The zero-order chi connectivity index (χ0) is 18.7. The summed E-state index contributed by atoms with van der Waals surface area (Å²) in [5, 5.41) is 8.26. The lowest BCUT2D eigenvalue weighted by Crippen LogP contribution is -2.30. The maximum absolute atomic E-state index is 12.7. The van der Waals surface area contributed by atoms with Crippen molar-refractivity contribution >= 4 is 41.3 Å². The van der Waals surface area contributed by atoms with Crippen LogP contribution in [0.1, 0.15) is 5.56 Å². The van der Waals surface area contributed by atoms with Crippen LogP contribution in [-0.4, -0.2) is 32.6 Å². The molecule has 0 aliphatic rings. The first-order valence-electron chi connectivity index (χ1n) is 7.83. The van der Waals surface area contributed by atoms with E-state index in [1.54, 1.807) is 34.7 Å². The fourth-order valence-corrected chi connectivity index (χ4v) is 3.07. The molecule has 0 atom stereocenters. The summed E-state index contributed by atoms with van der Waals surface area (Å²) >= 11 is 17.2. The van der Waals surface area contributed by atoms with E-state index in [1.165, 1.54) is 0 Å². The Labute approximate surface area is 166 Å². The van der Waals surface area contributed by atoms with Gasteiger partial charge in [0.25, 0.3) is 0 Å². The van der Waals surface area contributed by atoms with E-state index in [1.807, 2.05) is 30.3 Å². The molecule has 0 saturated carbocycles. The molecule has 2 aromatic carbocycles. The van der Waals surface area contributed by atoms with Gasteiger partial charge in [0.15, 0.2) is 10.6 Å². The van der Waals surface area contributed by atoms with E-state index in [0.29, 0.717) is 27.2 Å². The van der Waals surface area contributed by atoms with Gasteiger partial charge in [-0.25, -0.2) is 0 Å². The van der Waals surface area contributed by atoms with E-state index in [-0.39, 0.29) is 12.5 Å². The number of carbonyl (C=O) groups is 1. The zero-order valence-electron chi connectivity index (χ0n) is 13.9. The third kappa shape index (κ3) is 4.33. The third-order valence-corrected chi connectivity index (χ3v) is 4.69. The van der Waals surface area contributed by atoms with Crippen molar-refractivity contribution in [2.24, 2.45) is 0 Å². The number of nitrogens with one attached hydrogen (secondary N) is 1. The topological polar surface area (TPSA) is 53.9 Å². The second kappa shape index (κ2) is 8.03. The van der Waals surface area contributed by atoms with Crippen LogP contribution >= 0.6 is 35.4 Å². The van der Waals surface area contributed by atoms with Crippen LogP contribution in [0.2, 0.25) is 10.0 Å². The summed E-state index contributed by atoms with van der Waals surface area (Å²) in [6, 6.07) is 14.6. The minimum atomic E-state index is -0.0855. The van der Waals surface area contributed by atoms with Crippen molar-refractivity contribution in [3.8, 4) is 11.4 Å². The standard InChI is InChI=1S/C18H16Cl2N4OS/c1-23(10-12-3-2-4-15(20)9-12)16(25)11-24-17(21-22-18(24)26)13-5-7-14(19)8-6-13/h2-9H,10-11H2,1H3,(H,22,26). The summed E-state index contributed by atoms with van der Waals surface area (Å²) in [7, 11) is 1.74. The molecule has 0 fully saturated rings. The summed E-state index contributed by atoms with van der Waals surface area (Å²) in [5.74, 6) is 0.508. The first kappa shape index (κ1) is 18.6. The van der Waals surface area contributed by atoms with Gasteiger partial charge in [-0.15, -0.1) is 0 Å². The number of rotatable bonds is 5. The number of hydrogen-bond acceptors (Lipinski definition) is 3. The fourth-order valence-electron chi connectivity index (χ4n) is 2.54. The molecule has 3 aromatic rings. The Morgan fingerprint density at radius 1 is 1.19 bits per heavy atom. The lowest BCUT2D eigenvalue weighted by atomic mass is 10.2. The number of halogens is 2. The average Bonchev–Trinajstić information content (AvgIpc) is 2.96. The smallest absolute Gasteiger partial charge is 0.242 e. The van der Waals surface area contributed by atoms with Crippen molar-refractivity contribution < 1.29 is 4.79 Å².